The summed E-state index contributed by atoms with van der Waals surface area (Å²) < 4.78 is 2.04. The van der Waals surface area contributed by atoms with Gasteiger partial charge in [-0.3, -0.25) is 15.0 Å². The number of fused-ring (bicyclic) bond motifs is 1. The number of imidazole rings is 1. The van der Waals surface area contributed by atoms with E-state index in [1.54, 1.807) is 12.1 Å². The molecule has 3 heterocycles. The number of nitrogen functional groups attached to an aromatic ring is 1. The molecule has 4 rings (SSSR count). The van der Waals surface area contributed by atoms with Crippen LogP contribution in [-0.2, 0) is 6.54 Å². The van der Waals surface area contributed by atoms with E-state index in [9.17, 15) is 10.1 Å². The van der Waals surface area contributed by atoms with Crippen molar-refractivity contribution in [3.8, 4) is 11.3 Å². The van der Waals surface area contributed by atoms with Crippen LogP contribution in [0.15, 0.2) is 42.6 Å². The summed E-state index contributed by atoms with van der Waals surface area (Å²) in [5.41, 5.74) is 10.4. The van der Waals surface area contributed by atoms with E-state index in [1.165, 1.54) is 12.1 Å². The average molecular weight is 380 g/mol. The minimum Gasteiger partial charge on any atom is -0.398 e. The van der Waals surface area contributed by atoms with E-state index >= 15 is 0 Å². The Morgan fingerprint density at radius 3 is 2.39 bits per heavy atom. The van der Waals surface area contributed by atoms with Gasteiger partial charge in [-0.1, -0.05) is 6.92 Å². The second-order valence-corrected chi connectivity index (χ2v) is 7.11. The molecule has 0 aliphatic carbocycles. The van der Waals surface area contributed by atoms with Crippen LogP contribution in [0.2, 0.25) is 0 Å². The zero-order valence-corrected chi connectivity index (χ0v) is 15.9. The summed E-state index contributed by atoms with van der Waals surface area (Å²) in [4.78, 5) is 20.2. The Labute approximate surface area is 163 Å². The minimum absolute atomic E-state index is 0.0778. The van der Waals surface area contributed by atoms with Crippen LogP contribution in [0.5, 0.6) is 0 Å². The molecule has 8 heteroatoms. The molecule has 1 aliphatic heterocycles. The van der Waals surface area contributed by atoms with Gasteiger partial charge < -0.3 is 15.0 Å². The van der Waals surface area contributed by atoms with Crippen LogP contribution in [-0.4, -0.2) is 56.8 Å². The Bertz CT molecular complexity index is 990. The number of likely N-dealkylation sites (N-methyl/N-ethyl adjacent to an activating group) is 1. The van der Waals surface area contributed by atoms with Crippen molar-refractivity contribution in [3.05, 3.63) is 58.4 Å². The zero-order chi connectivity index (χ0) is 19.7. The highest BCUT2D eigenvalue weighted by molar-refractivity contribution is 5.68. The van der Waals surface area contributed by atoms with Gasteiger partial charge in [-0.15, -0.1) is 0 Å². The number of nitro benzene ring substituents is 1. The Morgan fingerprint density at radius 2 is 1.75 bits per heavy atom. The molecule has 1 saturated heterocycles. The lowest BCUT2D eigenvalue weighted by Crippen LogP contribution is -2.45. The minimum atomic E-state index is -0.387. The van der Waals surface area contributed by atoms with Crippen LogP contribution in [0.3, 0.4) is 0 Å². The van der Waals surface area contributed by atoms with Gasteiger partial charge in [0.2, 0.25) is 0 Å². The molecular weight excluding hydrogens is 356 g/mol. The fraction of sp³-hybridized carbons (Fsp3) is 0.350. The van der Waals surface area contributed by atoms with E-state index in [-0.39, 0.29) is 10.6 Å². The van der Waals surface area contributed by atoms with Gasteiger partial charge in [0, 0.05) is 62.3 Å². The number of nitrogens with zero attached hydrogens (tertiary/aromatic N) is 5. The third-order valence-corrected chi connectivity index (χ3v) is 5.38. The summed E-state index contributed by atoms with van der Waals surface area (Å²) >= 11 is 0. The highest BCUT2D eigenvalue weighted by atomic mass is 16.6. The number of nitrogens with two attached hydrogens (primary N) is 1. The van der Waals surface area contributed by atoms with E-state index in [0.717, 1.165) is 61.9 Å². The number of nitro groups is 1. The van der Waals surface area contributed by atoms with E-state index in [1.807, 2.05) is 22.7 Å². The Morgan fingerprint density at radius 1 is 1.07 bits per heavy atom. The zero-order valence-electron chi connectivity index (χ0n) is 15.9. The Balaban J connectivity index is 1.71. The SMILES string of the molecule is CCN1CCN(Cc2c(-c3ccc([N+](=O)[O-])cc3)nc3ccc(N)cn23)CC1. The molecule has 0 bridgehead atoms. The molecule has 8 nitrogen and oxygen atoms in total. The van der Waals surface area contributed by atoms with Crippen molar-refractivity contribution in [1.29, 1.82) is 0 Å². The number of piperazine rings is 1. The summed E-state index contributed by atoms with van der Waals surface area (Å²) in [5.74, 6) is 0. The molecule has 0 atom stereocenters. The van der Waals surface area contributed by atoms with Crippen molar-refractivity contribution >= 4 is 17.0 Å². The molecule has 0 amide bonds. The van der Waals surface area contributed by atoms with Gasteiger partial charge in [-0.25, -0.2) is 4.98 Å². The third kappa shape index (κ3) is 3.56. The summed E-state index contributed by atoms with van der Waals surface area (Å²) in [6, 6.07) is 10.3. The number of benzene rings is 1. The number of non-ortho nitro benzene ring substituents is 1. The quantitative estimate of drug-likeness (QED) is 0.540. The molecule has 1 aromatic carbocycles. The molecule has 146 valence electrons. The van der Waals surface area contributed by atoms with E-state index in [4.69, 9.17) is 10.7 Å². The normalized spacial score (nSPS) is 15.9. The number of pyridine rings is 1. The number of hydrogen-bond acceptors (Lipinski definition) is 6. The summed E-state index contributed by atoms with van der Waals surface area (Å²) in [7, 11) is 0. The highest BCUT2D eigenvalue weighted by Gasteiger charge is 2.21. The second kappa shape index (κ2) is 7.57. The lowest BCUT2D eigenvalue weighted by molar-refractivity contribution is -0.384. The molecule has 2 aromatic heterocycles. The van der Waals surface area contributed by atoms with Gasteiger partial charge in [0.15, 0.2) is 0 Å². The van der Waals surface area contributed by atoms with E-state index < -0.39 is 0 Å². The first-order valence-corrected chi connectivity index (χ1v) is 9.51. The van der Waals surface area contributed by atoms with Gasteiger partial charge in [0.1, 0.15) is 5.65 Å². The second-order valence-electron chi connectivity index (χ2n) is 7.11. The van der Waals surface area contributed by atoms with Crippen LogP contribution in [0.25, 0.3) is 16.9 Å². The third-order valence-electron chi connectivity index (χ3n) is 5.38. The number of aromatic nitrogens is 2. The summed E-state index contributed by atoms with van der Waals surface area (Å²) in [6.45, 7) is 8.15. The molecule has 3 aromatic rings. The van der Waals surface area contributed by atoms with E-state index in [0.29, 0.717) is 5.69 Å². The fourth-order valence-corrected chi connectivity index (χ4v) is 3.71. The number of anilines is 1. The first-order chi connectivity index (χ1) is 13.5. The summed E-state index contributed by atoms with van der Waals surface area (Å²) in [6.07, 6.45) is 1.90. The average Bonchev–Trinajstić information content (AvgIpc) is 3.06. The molecule has 0 spiro atoms. The maximum atomic E-state index is 11.0. The van der Waals surface area contributed by atoms with Gasteiger partial charge in [-0.05, 0) is 30.8 Å². The topological polar surface area (TPSA) is 92.9 Å². The maximum Gasteiger partial charge on any atom is 0.269 e. The van der Waals surface area contributed by atoms with Crippen LogP contribution in [0.1, 0.15) is 12.6 Å². The molecule has 0 saturated carbocycles. The first kappa shape index (κ1) is 18.4. The van der Waals surface area contributed by atoms with Crippen molar-refractivity contribution in [2.24, 2.45) is 0 Å². The van der Waals surface area contributed by atoms with Crippen molar-refractivity contribution in [2.45, 2.75) is 13.5 Å². The standard InChI is InChI=1S/C20H24N6O2/c1-2-23-9-11-24(12-10-23)14-18-20(15-3-6-17(7-4-15)26(27)28)22-19-8-5-16(21)13-25(18)19/h3-8,13H,2,9-12,14,21H2,1H3. The van der Waals surface area contributed by atoms with Gasteiger partial charge >= 0.3 is 0 Å². The number of hydrogen-bond donors (Lipinski definition) is 1. The fourth-order valence-electron chi connectivity index (χ4n) is 3.71. The summed E-state index contributed by atoms with van der Waals surface area (Å²) in [5, 5.41) is 11.0. The first-order valence-electron chi connectivity index (χ1n) is 9.51. The predicted octanol–water partition coefficient (Wildman–Crippen LogP) is 2.63. The highest BCUT2D eigenvalue weighted by Crippen LogP contribution is 2.28. The van der Waals surface area contributed by atoms with E-state index in [2.05, 4.69) is 16.7 Å². The molecule has 1 fully saturated rings. The lowest BCUT2D eigenvalue weighted by Gasteiger charge is -2.34. The van der Waals surface area contributed by atoms with Crippen molar-refractivity contribution in [3.63, 3.8) is 0 Å². The maximum absolute atomic E-state index is 11.0. The van der Waals surface area contributed by atoms with Crippen LogP contribution < -0.4 is 5.73 Å². The van der Waals surface area contributed by atoms with Gasteiger partial charge in [-0.2, -0.15) is 0 Å². The lowest BCUT2D eigenvalue weighted by atomic mass is 10.1. The molecule has 2 N–H and O–H groups in total. The molecule has 0 radical (unpaired) electrons. The Hall–Kier alpha value is -2.97. The number of rotatable bonds is 5. The van der Waals surface area contributed by atoms with Crippen molar-refractivity contribution in [1.82, 2.24) is 19.2 Å². The molecule has 1 aliphatic rings. The smallest absolute Gasteiger partial charge is 0.269 e. The largest absolute Gasteiger partial charge is 0.398 e. The van der Waals surface area contributed by atoms with Gasteiger partial charge in [0.05, 0.1) is 16.3 Å². The van der Waals surface area contributed by atoms with Crippen LogP contribution in [0.4, 0.5) is 11.4 Å². The van der Waals surface area contributed by atoms with Crippen molar-refractivity contribution in [2.75, 3.05) is 38.5 Å². The predicted molar refractivity (Wildman–Crippen MR) is 109 cm³/mol. The van der Waals surface area contributed by atoms with Crippen LogP contribution >= 0.6 is 0 Å². The Kier molecular flexibility index (Phi) is 4.97. The molecule has 28 heavy (non-hydrogen) atoms. The monoisotopic (exact) mass is 380 g/mol. The molecular formula is C20H24N6O2. The van der Waals surface area contributed by atoms with Crippen LogP contribution in [0, 0.1) is 10.1 Å². The molecule has 0 unspecified atom stereocenters. The van der Waals surface area contributed by atoms with Crippen molar-refractivity contribution < 1.29 is 4.92 Å². The van der Waals surface area contributed by atoms with Gasteiger partial charge in [0.25, 0.3) is 5.69 Å².